The Morgan fingerprint density at radius 3 is 1.76 bits per heavy atom. The predicted molar refractivity (Wildman–Crippen MR) is 254 cm³/mol. The Morgan fingerprint density at radius 2 is 1.17 bits per heavy atom. The van der Waals surface area contributed by atoms with E-state index in [4.69, 9.17) is 9.47 Å². The smallest absolute Gasteiger partial charge is 0.460 e. The van der Waals surface area contributed by atoms with Gasteiger partial charge >= 0.3 is 47.7 Å². The number of alkyl halides is 15. The average Bonchev–Trinajstić information content (AvgIpc) is 3.71. The predicted octanol–water partition coefficient (Wildman–Crippen LogP) is 18.5. The van der Waals surface area contributed by atoms with Crippen molar-refractivity contribution in [3.63, 3.8) is 0 Å². The van der Waals surface area contributed by atoms with Crippen LogP contribution in [0.15, 0.2) is 70.4 Å². The van der Waals surface area contributed by atoms with Gasteiger partial charge in [-0.3, -0.25) is 4.79 Å². The molecule has 3 saturated carbocycles. The zero-order valence-corrected chi connectivity index (χ0v) is 43.4. The lowest BCUT2D eigenvalue weighted by Gasteiger charge is -2.58. The number of nitrogens with zero attached hydrogens (tertiary/aromatic N) is 2. The van der Waals surface area contributed by atoms with Gasteiger partial charge in [0.05, 0.1) is 18.0 Å². The van der Waals surface area contributed by atoms with Crippen molar-refractivity contribution >= 4 is 17.3 Å². The van der Waals surface area contributed by atoms with Gasteiger partial charge < -0.3 is 14.2 Å². The summed E-state index contributed by atoms with van der Waals surface area (Å²) in [6.45, 7) is 9.77. The summed E-state index contributed by atoms with van der Waals surface area (Å²) in [5, 5.41) is 7.79. The van der Waals surface area contributed by atoms with Crippen LogP contribution in [0.2, 0.25) is 0 Å². The van der Waals surface area contributed by atoms with E-state index in [-0.39, 0.29) is 23.2 Å². The van der Waals surface area contributed by atoms with Gasteiger partial charge in [-0.1, -0.05) is 84.8 Å². The number of hydrogen-bond acceptors (Lipinski definition) is 6. The molecule has 6 rings (SSSR count). The number of fused-ring (bicyclic) bond motifs is 5. The van der Waals surface area contributed by atoms with Gasteiger partial charge in [-0.15, -0.1) is 0 Å². The van der Waals surface area contributed by atoms with Gasteiger partial charge in [-0.2, -0.15) is 76.1 Å². The molecule has 0 N–H and O–H groups in total. The number of carbonyl (C=O) groups is 1. The summed E-state index contributed by atoms with van der Waals surface area (Å²) in [5.41, 5.74) is 2.43. The lowest BCUT2D eigenvalue weighted by Crippen LogP contribution is -2.73. The topological polar surface area (TPSA) is 69.5 Å². The van der Waals surface area contributed by atoms with Crippen molar-refractivity contribution in [3.05, 3.63) is 60.2 Å². The number of rotatable bonds is 25. The molecule has 3 fully saturated rings. The first-order valence-electron chi connectivity index (χ1n) is 26.3. The molecule has 2 aromatic rings. The minimum Gasteiger partial charge on any atom is -0.494 e. The number of esters is 1. The Labute approximate surface area is 434 Å². The fraction of sp³-hybridized carbons (Fsp3) is 0.727. The number of unbranched alkanes of at least 4 members (excludes halogenated alkanes) is 4. The Balaban J connectivity index is 0.855. The second-order valence-corrected chi connectivity index (χ2v) is 22.6. The number of benzene rings is 2. The van der Waals surface area contributed by atoms with Crippen LogP contribution in [0.4, 0.5) is 77.2 Å². The maximum absolute atomic E-state index is 14.2. The summed E-state index contributed by atoms with van der Waals surface area (Å²) in [4.78, 5) is 12.9. The van der Waals surface area contributed by atoms with Crippen LogP contribution in [0.5, 0.6) is 11.5 Å². The fourth-order valence-electron chi connectivity index (χ4n) is 12.7. The van der Waals surface area contributed by atoms with Crippen molar-refractivity contribution < 1.29 is 84.9 Å². The summed E-state index contributed by atoms with van der Waals surface area (Å²) in [6.07, 6.45) is 12.7. The first kappa shape index (κ1) is 61.0. The molecule has 0 radical (unpaired) electrons. The van der Waals surface area contributed by atoms with E-state index in [1.165, 1.54) is 62.7 Å². The Hall–Kier alpha value is -4.20. The molecule has 0 spiro atoms. The normalized spacial score (nSPS) is 26.2. The molecule has 21 heteroatoms. The van der Waals surface area contributed by atoms with Crippen molar-refractivity contribution in [3.8, 4) is 11.5 Å². The number of azo groups is 1. The number of ether oxygens (including phenoxy) is 3. The number of allylic oxidation sites excluding steroid dienone is 1. The summed E-state index contributed by atoms with van der Waals surface area (Å²) >= 11 is 0. The van der Waals surface area contributed by atoms with Crippen LogP contribution in [0, 0.1) is 46.3 Å². The first-order chi connectivity index (χ1) is 35.2. The van der Waals surface area contributed by atoms with Crippen LogP contribution < -0.4 is 9.47 Å². The molecule has 4 aliphatic rings. The summed E-state index contributed by atoms with van der Waals surface area (Å²) in [7, 11) is 0. The van der Waals surface area contributed by atoms with E-state index in [1.807, 2.05) is 0 Å². The van der Waals surface area contributed by atoms with E-state index < -0.39 is 54.1 Å². The third-order valence-corrected chi connectivity index (χ3v) is 17.1. The maximum atomic E-state index is 14.2. The van der Waals surface area contributed by atoms with Crippen molar-refractivity contribution in [1.82, 2.24) is 0 Å². The molecular formula is C55H69F15N2O4. The van der Waals surface area contributed by atoms with Crippen LogP contribution >= 0.6 is 0 Å². The number of halogens is 15. The molecule has 0 aromatic heterocycles. The molecule has 0 heterocycles. The molecule has 6 nitrogen and oxygen atoms in total. The highest BCUT2D eigenvalue weighted by Crippen LogP contribution is 2.68. The number of carbonyl (C=O) groups excluding carboxylic acids is 1. The lowest BCUT2D eigenvalue weighted by molar-refractivity contribution is -0.453. The molecule has 0 bridgehead atoms. The largest absolute Gasteiger partial charge is 0.494 e. The Morgan fingerprint density at radius 1 is 0.618 bits per heavy atom. The summed E-state index contributed by atoms with van der Waals surface area (Å²) in [5.74, 6) is -42.9. The Kier molecular flexibility index (Phi) is 18.7. The molecule has 428 valence electrons. The van der Waals surface area contributed by atoms with E-state index in [9.17, 15) is 70.7 Å². The highest BCUT2D eigenvalue weighted by molar-refractivity contribution is 5.69. The molecule has 2 aromatic carbocycles. The molecule has 8 atom stereocenters. The van der Waals surface area contributed by atoms with Crippen LogP contribution in [0.3, 0.4) is 0 Å². The monoisotopic (exact) mass is 1110 g/mol. The van der Waals surface area contributed by atoms with Gasteiger partial charge in [-0.25, -0.2) is 0 Å². The van der Waals surface area contributed by atoms with Crippen LogP contribution in [0.25, 0.3) is 0 Å². The maximum Gasteiger partial charge on any atom is 0.460 e. The average molecular weight is 1110 g/mol. The van der Waals surface area contributed by atoms with Crippen molar-refractivity contribution in [2.45, 2.75) is 192 Å². The molecule has 0 amide bonds. The highest BCUT2D eigenvalue weighted by atomic mass is 19.4. The zero-order chi connectivity index (χ0) is 56.3. The quantitative estimate of drug-likeness (QED) is 0.0327. The standard InChI is InChI=1S/C55H69F15N2O4/c1-34(2)12-11-13-35(3)43-25-26-44-42-24-15-36-32-41(27-29-47(36,4)45(42)28-30-48(43,44)5)76-46(73)14-9-7-6-8-10-31-74-39-20-16-37(17-21-39)71-72-38-18-22-40(23-19-38)75-33-49(56,57)50(58,59)51(60,61)52(62,63)53(64,65)54(66,67)55(68,69)70/h15-23,34-35,41-45H,6-14,24-33H2,1-5H3/t35-,41+,42+,43-,44+,45+,47+,48-/m1/s1. The van der Waals surface area contributed by atoms with Crippen LogP contribution in [-0.2, 0) is 9.53 Å². The SMILES string of the molecule is CC(C)CCC[C@@H](C)[C@H]1CC[C@H]2[C@@H]3CC=C4C[C@@H](OC(=O)CCCCCCCOc5ccc(N=Nc6ccc(OCC(F)(F)C(F)(F)C(F)(F)C(F)(F)C(F)(F)C(F)(F)C(F)(F)F)cc6)cc5)CC[C@]4(C)[C@H]3CC[C@]12C. The van der Waals surface area contributed by atoms with E-state index >= 15 is 0 Å². The van der Waals surface area contributed by atoms with Gasteiger partial charge in [-0.05, 0) is 153 Å². The second-order valence-electron chi connectivity index (χ2n) is 22.6. The van der Waals surface area contributed by atoms with Gasteiger partial charge in [0.1, 0.15) is 17.6 Å². The molecule has 0 aliphatic heterocycles. The molecular weight excluding hydrogens is 1040 g/mol. The highest BCUT2D eigenvalue weighted by Gasteiger charge is 2.93. The third-order valence-electron chi connectivity index (χ3n) is 17.1. The van der Waals surface area contributed by atoms with Gasteiger partial charge in [0.15, 0.2) is 6.61 Å². The number of hydrogen-bond donors (Lipinski definition) is 0. The lowest BCUT2D eigenvalue weighted by atomic mass is 9.47. The van der Waals surface area contributed by atoms with Crippen molar-refractivity contribution in [2.75, 3.05) is 13.2 Å². The minimum absolute atomic E-state index is 0.0202. The fourth-order valence-corrected chi connectivity index (χ4v) is 12.7. The van der Waals surface area contributed by atoms with Gasteiger partial charge in [0.2, 0.25) is 0 Å². The van der Waals surface area contributed by atoms with Crippen molar-refractivity contribution in [2.24, 2.45) is 56.6 Å². The van der Waals surface area contributed by atoms with E-state index in [1.54, 1.807) is 12.1 Å². The molecule has 0 unspecified atom stereocenters. The van der Waals surface area contributed by atoms with E-state index in [2.05, 4.69) is 55.7 Å². The summed E-state index contributed by atoms with van der Waals surface area (Å²) in [6, 6.07) is 9.75. The van der Waals surface area contributed by atoms with Crippen LogP contribution in [0.1, 0.15) is 144 Å². The molecule has 76 heavy (non-hydrogen) atoms. The molecule has 4 aliphatic carbocycles. The van der Waals surface area contributed by atoms with Crippen molar-refractivity contribution in [1.29, 1.82) is 0 Å². The zero-order valence-electron chi connectivity index (χ0n) is 43.4. The van der Waals surface area contributed by atoms with E-state index in [0.29, 0.717) is 35.8 Å². The van der Waals surface area contributed by atoms with Crippen LogP contribution in [-0.4, -0.2) is 67.0 Å². The second kappa shape index (κ2) is 23.3. The summed E-state index contributed by atoms with van der Waals surface area (Å²) < 4.78 is 218. The third kappa shape index (κ3) is 12.3. The van der Waals surface area contributed by atoms with E-state index in [0.717, 1.165) is 112 Å². The first-order valence-corrected chi connectivity index (χ1v) is 26.3. The van der Waals surface area contributed by atoms with Gasteiger partial charge in [0.25, 0.3) is 0 Å². The Bertz CT molecular complexity index is 2310. The minimum atomic E-state index is -8.37. The molecule has 0 saturated heterocycles. The van der Waals surface area contributed by atoms with Gasteiger partial charge in [0, 0.05) is 12.8 Å².